The third-order valence-electron chi connectivity index (χ3n) is 4.48. The number of amides is 1. The van der Waals surface area contributed by atoms with Crippen molar-refractivity contribution < 1.29 is 4.79 Å². The van der Waals surface area contributed by atoms with Gasteiger partial charge >= 0.3 is 0 Å². The zero-order valence-electron chi connectivity index (χ0n) is 14.0. The van der Waals surface area contributed by atoms with Crippen molar-refractivity contribution in [3.63, 3.8) is 0 Å². The van der Waals surface area contributed by atoms with Gasteiger partial charge in [-0.15, -0.1) is 0 Å². The van der Waals surface area contributed by atoms with Crippen LogP contribution in [0.5, 0.6) is 0 Å². The molecule has 0 aromatic carbocycles. The van der Waals surface area contributed by atoms with Crippen LogP contribution in [0.4, 0.5) is 0 Å². The number of H-pyrrole nitrogens is 1. The van der Waals surface area contributed by atoms with Gasteiger partial charge in [-0.1, -0.05) is 6.07 Å². The van der Waals surface area contributed by atoms with Crippen LogP contribution in [0.2, 0.25) is 0 Å². The number of aromatic amines is 1. The molecule has 0 fully saturated rings. The fourth-order valence-electron chi connectivity index (χ4n) is 3.21. The van der Waals surface area contributed by atoms with Gasteiger partial charge < -0.3 is 10.3 Å². The Labute approximate surface area is 149 Å². The Balaban J connectivity index is 1.67. The molecule has 1 atom stereocenters. The molecule has 0 aliphatic heterocycles. The summed E-state index contributed by atoms with van der Waals surface area (Å²) in [5.41, 5.74) is 3.11. The second kappa shape index (κ2) is 6.87. The van der Waals surface area contributed by atoms with E-state index in [0.717, 1.165) is 30.5 Å². The summed E-state index contributed by atoms with van der Waals surface area (Å²) in [5, 5.41) is 2.99. The van der Waals surface area contributed by atoms with Crippen molar-refractivity contribution in [1.82, 2.24) is 25.3 Å². The third kappa shape index (κ3) is 3.11. The molecule has 7 nitrogen and oxygen atoms in total. The van der Waals surface area contributed by atoms with Crippen LogP contribution in [0.15, 0.2) is 53.8 Å². The van der Waals surface area contributed by atoms with Gasteiger partial charge in [-0.05, 0) is 43.0 Å². The first-order valence-electron chi connectivity index (χ1n) is 8.47. The lowest BCUT2D eigenvalue weighted by Crippen LogP contribution is -2.32. The van der Waals surface area contributed by atoms with Crippen molar-refractivity contribution in [1.29, 1.82) is 0 Å². The molecule has 0 spiro atoms. The smallest absolute Gasteiger partial charge is 0.272 e. The molecule has 1 aliphatic carbocycles. The van der Waals surface area contributed by atoms with E-state index < -0.39 is 0 Å². The van der Waals surface area contributed by atoms with E-state index in [2.05, 4.69) is 20.3 Å². The number of aryl methyl sites for hydroxylation is 1. The maximum absolute atomic E-state index is 12.4. The molecule has 3 aromatic heterocycles. The summed E-state index contributed by atoms with van der Waals surface area (Å²) in [6, 6.07) is 7.14. The van der Waals surface area contributed by atoms with Gasteiger partial charge in [0.05, 0.1) is 29.2 Å². The summed E-state index contributed by atoms with van der Waals surface area (Å²) in [6.07, 6.45) is 8.71. The Morgan fingerprint density at radius 3 is 2.96 bits per heavy atom. The number of rotatable bonds is 3. The van der Waals surface area contributed by atoms with E-state index in [1.165, 1.54) is 18.6 Å². The van der Waals surface area contributed by atoms with Crippen LogP contribution >= 0.6 is 0 Å². The minimum absolute atomic E-state index is 0.184. The van der Waals surface area contributed by atoms with Gasteiger partial charge in [0.1, 0.15) is 5.69 Å². The summed E-state index contributed by atoms with van der Waals surface area (Å²) in [4.78, 5) is 39.8. The second-order valence-corrected chi connectivity index (χ2v) is 6.16. The summed E-state index contributed by atoms with van der Waals surface area (Å²) < 4.78 is 0. The van der Waals surface area contributed by atoms with Crippen LogP contribution in [-0.4, -0.2) is 25.8 Å². The minimum Gasteiger partial charge on any atom is -0.342 e. The number of aromatic nitrogens is 4. The first kappa shape index (κ1) is 16.1. The number of fused-ring (bicyclic) bond motifs is 1. The van der Waals surface area contributed by atoms with E-state index in [-0.39, 0.29) is 23.2 Å². The maximum atomic E-state index is 12.4. The minimum atomic E-state index is -0.277. The lowest BCUT2D eigenvalue weighted by atomic mass is 9.91. The van der Waals surface area contributed by atoms with E-state index in [0.29, 0.717) is 11.3 Å². The quantitative estimate of drug-likeness (QED) is 0.755. The van der Waals surface area contributed by atoms with Crippen molar-refractivity contribution >= 4 is 5.91 Å². The van der Waals surface area contributed by atoms with Crippen molar-refractivity contribution in [2.45, 2.75) is 25.3 Å². The zero-order chi connectivity index (χ0) is 17.9. The van der Waals surface area contributed by atoms with Gasteiger partial charge in [0.2, 0.25) is 0 Å². The average molecular weight is 347 g/mol. The van der Waals surface area contributed by atoms with Gasteiger partial charge in [0.15, 0.2) is 0 Å². The Morgan fingerprint density at radius 1 is 1.23 bits per heavy atom. The van der Waals surface area contributed by atoms with Crippen LogP contribution in [0, 0.1) is 0 Å². The first-order chi connectivity index (χ1) is 12.7. The Morgan fingerprint density at radius 2 is 2.15 bits per heavy atom. The van der Waals surface area contributed by atoms with E-state index in [9.17, 15) is 9.59 Å². The van der Waals surface area contributed by atoms with E-state index in [1.54, 1.807) is 18.3 Å². The average Bonchev–Trinajstić information content (AvgIpc) is 2.69. The number of nitrogens with one attached hydrogen (secondary N) is 2. The number of nitrogens with zero attached hydrogens (tertiary/aromatic N) is 3. The molecule has 7 heteroatoms. The molecule has 0 saturated heterocycles. The lowest BCUT2D eigenvalue weighted by molar-refractivity contribution is 0.0926. The maximum Gasteiger partial charge on any atom is 0.272 e. The monoisotopic (exact) mass is 347 g/mol. The number of carbonyl (C=O) groups is 1. The highest BCUT2D eigenvalue weighted by molar-refractivity contribution is 5.92. The first-order valence-corrected chi connectivity index (χ1v) is 8.47. The molecule has 0 bridgehead atoms. The third-order valence-corrected chi connectivity index (χ3v) is 4.48. The number of hydrogen-bond donors (Lipinski definition) is 2. The second-order valence-electron chi connectivity index (χ2n) is 6.16. The number of carbonyl (C=O) groups excluding carboxylic acids is 1. The molecule has 3 aromatic rings. The number of pyridine rings is 2. The molecule has 0 radical (unpaired) electrons. The predicted octanol–water partition coefficient (Wildman–Crippen LogP) is 2.03. The van der Waals surface area contributed by atoms with Crippen LogP contribution in [0.1, 0.15) is 40.6 Å². The zero-order valence-corrected chi connectivity index (χ0v) is 14.0. The molecule has 1 amide bonds. The van der Waals surface area contributed by atoms with E-state index in [1.807, 2.05) is 12.1 Å². The summed E-state index contributed by atoms with van der Waals surface area (Å²) in [7, 11) is 0. The predicted molar refractivity (Wildman–Crippen MR) is 95.5 cm³/mol. The van der Waals surface area contributed by atoms with Crippen LogP contribution < -0.4 is 10.9 Å². The number of hydrogen-bond acceptors (Lipinski definition) is 5. The fourth-order valence-corrected chi connectivity index (χ4v) is 3.21. The molecular formula is C19H17N5O2. The SMILES string of the molecule is O=C(NC1CCCc2ccc(-c3ccc[nH]c3=O)nc21)c1cnccn1. The normalized spacial score (nSPS) is 15.9. The van der Waals surface area contributed by atoms with E-state index >= 15 is 0 Å². The van der Waals surface area contributed by atoms with Crippen molar-refractivity contribution in [3.05, 3.63) is 76.4 Å². The molecule has 130 valence electrons. The summed E-state index contributed by atoms with van der Waals surface area (Å²) >= 11 is 0. The van der Waals surface area contributed by atoms with Crippen LogP contribution in [0.25, 0.3) is 11.3 Å². The largest absolute Gasteiger partial charge is 0.342 e. The Kier molecular flexibility index (Phi) is 4.27. The molecule has 0 saturated carbocycles. The van der Waals surface area contributed by atoms with Gasteiger partial charge in [0, 0.05) is 18.6 Å². The molecule has 4 rings (SSSR count). The standard InChI is InChI=1S/C19H17N5O2/c25-18-13(4-2-8-22-18)14-7-6-12-3-1-5-15(17(12)23-14)24-19(26)16-11-20-9-10-21-16/h2,4,6-11,15H,1,3,5H2,(H,22,25)(H,24,26). The Hall–Kier alpha value is -3.35. The van der Waals surface area contributed by atoms with Gasteiger partial charge in [0.25, 0.3) is 11.5 Å². The highest BCUT2D eigenvalue weighted by atomic mass is 16.2. The van der Waals surface area contributed by atoms with Crippen molar-refractivity contribution in [3.8, 4) is 11.3 Å². The van der Waals surface area contributed by atoms with Crippen molar-refractivity contribution in [2.75, 3.05) is 0 Å². The molecule has 26 heavy (non-hydrogen) atoms. The van der Waals surface area contributed by atoms with Gasteiger partial charge in [-0.25, -0.2) is 4.98 Å². The lowest BCUT2D eigenvalue weighted by Gasteiger charge is -2.25. The molecule has 3 heterocycles. The molecule has 1 aliphatic rings. The van der Waals surface area contributed by atoms with Crippen molar-refractivity contribution in [2.24, 2.45) is 0 Å². The summed E-state index contributed by atoms with van der Waals surface area (Å²) in [6.45, 7) is 0. The van der Waals surface area contributed by atoms with Crippen LogP contribution in [0.3, 0.4) is 0 Å². The highest BCUT2D eigenvalue weighted by Gasteiger charge is 2.25. The molecule has 1 unspecified atom stereocenters. The van der Waals surface area contributed by atoms with Gasteiger partial charge in [-0.3, -0.25) is 19.6 Å². The topological polar surface area (TPSA) is 101 Å². The molecule has 2 N–H and O–H groups in total. The van der Waals surface area contributed by atoms with Gasteiger partial charge in [-0.2, -0.15) is 0 Å². The summed E-state index contributed by atoms with van der Waals surface area (Å²) in [5.74, 6) is -0.277. The highest BCUT2D eigenvalue weighted by Crippen LogP contribution is 2.30. The van der Waals surface area contributed by atoms with E-state index in [4.69, 9.17) is 4.98 Å². The fraction of sp³-hybridized carbons (Fsp3) is 0.211. The molecular weight excluding hydrogens is 330 g/mol. The Bertz CT molecular complexity index is 1000. The van der Waals surface area contributed by atoms with Crippen LogP contribution in [-0.2, 0) is 6.42 Å².